The van der Waals surface area contributed by atoms with Crippen LogP contribution in [0.2, 0.25) is 0 Å². The molecular weight excluding hydrogens is 316 g/mol. The van der Waals surface area contributed by atoms with E-state index in [1.54, 1.807) is 7.11 Å². The summed E-state index contributed by atoms with van der Waals surface area (Å²) in [5, 5.41) is 5.66. The zero-order valence-electron chi connectivity index (χ0n) is 14.5. The number of anilines is 2. The lowest BCUT2D eigenvalue weighted by Gasteiger charge is -2.18. The molecule has 0 atom stereocenters. The first-order valence-corrected chi connectivity index (χ1v) is 8.42. The second kappa shape index (κ2) is 7.38. The minimum absolute atomic E-state index is 0.0667. The predicted molar refractivity (Wildman–Crippen MR) is 98.1 cm³/mol. The predicted octanol–water partition coefficient (Wildman–Crippen LogP) is 3.46. The first kappa shape index (κ1) is 17.0. The highest BCUT2D eigenvalue weighted by atomic mass is 16.5. The third kappa shape index (κ3) is 3.99. The molecule has 5 heteroatoms. The molecule has 0 bridgehead atoms. The van der Waals surface area contributed by atoms with Crippen molar-refractivity contribution in [2.24, 2.45) is 0 Å². The molecule has 2 aromatic carbocycles. The van der Waals surface area contributed by atoms with Gasteiger partial charge in [-0.3, -0.25) is 9.59 Å². The van der Waals surface area contributed by atoms with Gasteiger partial charge in [-0.2, -0.15) is 0 Å². The number of benzene rings is 2. The van der Waals surface area contributed by atoms with Crippen LogP contribution >= 0.6 is 0 Å². The standard InChI is InChI=1S/C10H11NO2.C10H11NO/c1-13-8-4-2-3-7-5-6-9(12)11-10(7)8;1-7-2-4-9-8(6-7)3-5-10(12)11-9/h2-4H,5-6H2,1H3,(H,11,12);2,4,6H,3,5H2,1H3,(H,11,12). The molecule has 0 aromatic heterocycles. The van der Waals surface area contributed by atoms with Gasteiger partial charge in [-0.05, 0) is 43.0 Å². The van der Waals surface area contributed by atoms with Crippen molar-refractivity contribution < 1.29 is 14.3 Å². The molecule has 2 N–H and O–H groups in total. The number of para-hydroxylation sites is 1. The maximum Gasteiger partial charge on any atom is 0.224 e. The summed E-state index contributed by atoms with van der Waals surface area (Å²) in [5.41, 5.74) is 5.48. The van der Waals surface area contributed by atoms with Crippen molar-refractivity contribution in [3.05, 3.63) is 53.1 Å². The van der Waals surface area contributed by atoms with Crippen molar-refractivity contribution in [3.8, 4) is 5.75 Å². The summed E-state index contributed by atoms with van der Waals surface area (Å²) in [6, 6.07) is 11.9. The highest BCUT2D eigenvalue weighted by Gasteiger charge is 2.17. The van der Waals surface area contributed by atoms with Crippen LogP contribution in [-0.2, 0) is 22.4 Å². The molecule has 0 saturated heterocycles. The summed E-state index contributed by atoms with van der Waals surface area (Å²) in [5.74, 6) is 0.939. The second-order valence-corrected chi connectivity index (χ2v) is 6.25. The van der Waals surface area contributed by atoms with Gasteiger partial charge in [-0.15, -0.1) is 0 Å². The van der Waals surface area contributed by atoms with Crippen molar-refractivity contribution in [3.63, 3.8) is 0 Å². The monoisotopic (exact) mass is 338 g/mol. The Kier molecular flexibility index (Phi) is 5.03. The number of ether oxygens (including phenoxy) is 1. The Morgan fingerprint density at radius 3 is 2.36 bits per heavy atom. The number of carbonyl (C=O) groups excluding carboxylic acids is 2. The van der Waals surface area contributed by atoms with Gasteiger partial charge in [0.15, 0.2) is 0 Å². The van der Waals surface area contributed by atoms with Gasteiger partial charge in [0.2, 0.25) is 11.8 Å². The highest BCUT2D eigenvalue weighted by molar-refractivity contribution is 5.95. The van der Waals surface area contributed by atoms with Gasteiger partial charge in [0.25, 0.3) is 0 Å². The first-order chi connectivity index (χ1) is 12.1. The number of methoxy groups -OCH3 is 1. The van der Waals surface area contributed by atoms with Crippen LogP contribution in [0.15, 0.2) is 36.4 Å². The number of hydrogen-bond donors (Lipinski definition) is 2. The molecule has 2 heterocycles. The van der Waals surface area contributed by atoms with Gasteiger partial charge in [0.05, 0.1) is 12.8 Å². The lowest BCUT2D eigenvalue weighted by molar-refractivity contribution is -0.117. The molecule has 0 unspecified atom stereocenters. The van der Waals surface area contributed by atoms with E-state index in [9.17, 15) is 9.59 Å². The van der Waals surface area contributed by atoms with Crippen molar-refractivity contribution in [2.45, 2.75) is 32.6 Å². The summed E-state index contributed by atoms with van der Waals surface area (Å²) >= 11 is 0. The lowest BCUT2D eigenvalue weighted by atomic mass is 10.0. The van der Waals surface area contributed by atoms with E-state index in [4.69, 9.17) is 4.74 Å². The SMILES string of the molecule is COc1cccc2c1NC(=O)CC2.Cc1ccc2c(c1)CCC(=O)N2. The highest BCUT2D eigenvalue weighted by Crippen LogP contribution is 2.31. The molecule has 0 aliphatic carbocycles. The van der Waals surface area contributed by atoms with E-state index in [0.717, 1.165) is 35.5 Å². The van der Waals surface area contributed by atoms with Gasteiger partial charge in [0.1, 0.15) is 5.75 Å². The molecule has 0 saturated carbocycles. The van der Waals surface area contributed by atoms with Crippen LogP contribution in [0.25, 0.3) is 0 Å². The van der Waals surface area contributed by atoms with Gasteiger partial charge in [-0.1, -0.05) is 29.8 Å². The largest absolute Gasteiger partial charge is 0.495 e. The fourth-order valence-corrected chi connectivity index (χ4v) is 3.06. The van der Waals surface area contributed by atoms with E-state index in [2.05, 4.69) is 23.6 Å². The van der Waals surface area contributed by atoms with Crippen molar-refractivity contribution in [1.82, 2.24) is 0 Å². The van der Waals surface area contributed by atoms with E-state index in [1.807, 2.05) is 30.3 Å². The number of rotatable bonds is 1. The van der Waals surface area contributed by atoms with Crippen LogP contribution < -0.4 is 15.4 Å². The van der Waals surface area contributed by atoms with Crippen molar-refractivity contribution in [2.75, 3.05) is 17.7 Å². The van der Waals surface area contributed by atoms with E-state index in [1.165, 1.54) is 11.1 Å². The third-order valence-corrected chi connectivity index (χ3v) is 4.37. The number of nitrogens with one attached hydrogen (secondary N) is 2. The van der Waals surface area contributed by atoms with E-state index >= 15 is 0 Å². The van der Waals surface area contributed by atoms with Crippen LogP contribution in [-0.4, -0.2) is 18.9 Å². The second-order valence-electron chi connectivity index (χ2n) is 6.25. The van der Waals surface area contributed by atoms with Crippen LogP contribution in [0.3, 0.4) is 0 Å². The first-order valence-electron chi connectivity index (χ1n) is 8.42. The normalized spacial score (nSPS) is 15.0. The Hall–Kier alpha value is -2.82. The summed E-state index contributed by atoms with van der Waals surface area (Å²) < 4.78 is 5.15. The topological polar surface area (TPSA) is 67.4 Å². The zero-order valence-corrected chi connectivity index (χ0v) is 14.5. The number of amides is 2. The molecule has 2 aliphatic heterocycles. The van der Waals surface area contributed by atoms with Gasteiger partial charge in [-0.25, -0.2) is 0 Å². The Morgan fingerprint density at radius 2 is 1.60 bits per heavy atom. The van der Waals surface area contributed by atoms with Gasteiger partial charge in [0, 0.05) is 18.5 Å². The maximum atomic E-state index is 11.1. The molecule has 130 valence electrons. The molecule has 5 nitrogen and oxygen atoms in total. The fraction of sp³-hybridized carbons (Fsp3) is 0.300. The Labute approximate surface area is 147 Å². The minimum atomic E-state index is 0.0667. The molecule has 4 rings (SSSR count). The average Bonchev–Trinajstić information content (AvgIpc) is 2.62. The summed E-state index contributed by atoms with van der Waals surface area (Å²) in [6.45, 7) is 2.07. The summed E-state index contributed by atoms with van der Waals surface area (Å²) in [4.78, 5) is 22.1. The van der Waals surface area contributed by atoms with Gasteiger partial charge < -0.3 is 15.4 Å². The average molecular weight is 338 g/mol. The molecule has 0 fully saturated rings. The maximum absolute atomic E-state index is 11.1. The molecule has 0 spiro atoms. The van der Waals surface area contributed by atoms with E-state index < -0.39 is 0 Å². The third-order valence-electron chi connectivity index (χ3n) is 4.37. The summed E-state index contributed by atoms with van der Waals surface area (Å²) in [6.07, 6.45) is 2.87. The minimum Gasteiger partial charge on any atom is -0.495 e. The number of hydrogen-bond acceptors (Lipinski definition) is 3. The molecule has 0 radical (unpaired) electrons. The smallest absolute Gasteiger partial charge is 0.224 e. The molecule has 2 amide bonds. The van der Waals surface area contributed by atoms with Gasteiger partial charge >= 0.3 is 0 Å². The van der Waals surface area contributed by atoms with Crippen LogP contribution in [0.5, 0.6) is 5.75 Å². The Morgan fingerprint density at radius 1 is 0.880 bits per heavy atom. The van der Waals surface area contributed by atoms with E-state index in [-0.39, 0.29) is 11.8 Å². The number of fused-ring (bicyclic) bond motifs is 2. The van der Waals surface area contributed by atoms with Crippen molar-refractivity contribution in [1.29, 1.82) is 0 Å². The molecule has 25 heavy (non-hydrogen) atoms. The number of aryl methyl sites for hydroxylation is 3. The Balaban J connectivity index is 0.000000146. The van der Waals surface area contributed by atoms with Crippen LogP contribution in [0.4, 0.5) is 11.4 Å². The Bertz CT molecular complexity index is 800. The van der Waals surface area contributed by atoms with E-state index in [0.29, 0.717) is 12.8 Å². The number of carbonyl (C=O) groups is 2. The van der Waals surface area contributed by atoms with Crippen LogP contribution in [0, 0.1) is 6.92 Å². The molecular formula is C20H22N2O3. The zero-order chi connectivity index (χ0) is 17.8. The quantitative estimate of drug-likeness (QED) is 0.837. The molecule has 2 aliphatic rings. The lowest BCUT2D eigenvalue weighted by Crippen LogP contribution is -2.19. The van der Waals surface area contributed by atoms with Crippen LogP contribution in [0.1, 0.15) is 29.5 Å². The van der Waals surface area contributed by atoms with Crippen molar-refractivity contribution >= 4 is 23.2 Å². The molecule has 2 aromatic rings. The summed E-state index contributed by atoms with van der Waals surface area (Å²) in [7, 11) is 1.61. The fourth-order valence-electron chi connectivity index (χ4n) is 3.06.